The van der Waals surface area contributed by atoms with Gasteiger partial charge in [0.2, 0.25) is 0 Å². The summed E-state index contributed by atoms with van der Waals surface area (Å²) in [4.78, 5) is 15.7. The van der Waals surface area contributed by atoms with Crippen LogP contribution in [0.1, 0.15) is 0 Å². The molecule has 0 aliphatic heterocycles. The number of pyridine rings is 1. The smallest absolute Gasteiger partial charge is 0.409 e. The Bertz CT molecular complexity index is 1640. The Morgan fingerprint density at radius 2 is 1.19 bits per heavy atom. The molecule has 0 atom stereocenters. The first-order valence-corrected chi connectivity index (χ1v) is 17.3. The number of hydrogen-bond donors (Lipinski definition) is 3. The largest absolute Gasteiger partial charge is 0.497 e. The maximum absolute atomic E-state index is 11.2. The van der Waals surface area contributed by atoms with Gasteiger partial charge in [0.1, 0.15) is 35.4 Å². The molecule has 4 aromatic rings. The van der Waals surface area contributed by atoms with Gasteiger partial charge in [-0.3, -0.25) is 5.32 Å². The van der Waals surface area contributed by atoms with Gasteiger partial charge in [0.15, 0.2) is 0 Å². The molecule has 0 radical (unpaired) electrons. The van der Waals surface area contributed by atoms with Crippen molar-refractivity contribution in [1.82, 2.24) is 4.98 Å². The van der Waals surface area contributed by atoms with Crippen LogP contribution >= 0.6 is 0 Å². The van der Waals surface area contributed by atoms with E-state index < -0.39 is 6.09 Å². The van der Waals surface area contributed by atoms with Crippen LogP contribution in [0.15, 0.2) is 72.9 Å². The fourth-order valence-electron chi connectivity index (χ4n) is 4.81. The zero-order valence-corrected chi connectivity index (χ0v) is 30.2. The maximum Gasteiger partial charge on any atom is 0.409 e. The Kier molecular flexibility index (Phi) is 19.0. The van der Waals surface area contributed by atoms with Crippen molar-refractivity contribution in [3.8, 4) is 23.0 Å². The fraction of sp³-hybridized carbons (Fsp3) is 0.421. The van der Waals surface area contributed by atoms with Gasteiger partial charge >= 0.3 is 6.09 Å². The summed E-state index contributed by atoms with van der Waals surface area (Å²) in [6.07, 6.45) is 0.493. The number of nitrogens with one attached hydrogen (secondary N) is 2. The van der Waals surface area contributed by atoms with Crippen molar-refractivity contribution in [2.45, 2.75) is 0 Å². The van der Waals surface area contributed by atoms with Crippen molar-refractivity contribution in [2.75, 3.05) is 117 Å². The molecule has 0 fully saturated rings. The van der Waals surface area contributed by atoms with Crippen molar-refractivity contribution >= 4 is 34.1 Å². The number of rotatable bonds is 28. The third-order valence-corrected chi connectivity index (χ3v) is 7.26. The minimum Gasteiger partial charge on any atom is -0.497 e. The van der Waals surface area contributed by atoms with Crippen LogP contribution in [0.2, 0.25) is 0 Å². The molecule has 0 aliphatic carbocycles. The predicted molar refractivity (Wildman–Crippen MR) is 198 cm³/mol. The molecular weight excluding hydrogens is 690 g/mol. The molecule has 4 rings (SSSR count). The molecule has 1 amide bonds. The van der Waals surface area contributed by atoms with Crippen LogP contribution in [0.25, 0.3) is 10.8 Å². The maximum atomic E-state index is 11.2. The SMILES string of the molecule is COCCOCCOCCOCCOCCOCCOCCOc1cc(Nc2cc(Oc3ccc(NC(=O)O)c4ccccc34)ccn2)cc(OC)c1. The molecule has 0 saturated carbocycles. The van der Waals surface area contributed by atoms with E-state index in [9.17, 15) is 9.90 Å². The number of carboxylic acid groups (broad SMARTS) is 1. The average molecular weight is 740 g/mol. The lowest BCUT2D eigenvalue weighted by Crippen LogP contribution is -2.15. The highest BCUT2D eigenvalue weighted by Gasteiger charge is 2.11. The molecular formula is C38H49N3O12. The number of methoxy groups -OCH3 is 2. The van der Waals surface area contributed by atoms with Crippen molar-refractivity contribution in [1.29, 1.82) is 0 Å². The summed E-state index contributed by atoms with van der Waals surface area (Å²) in [6.45, 7) is 6.73. The molecule has 0 unspecified atom stereocenters. The standard InChI is InChI=1S/C38H49N3O12/c1-44-11-12-46-13-14-47-15-16-48-17-18-49-19-20-50-21-22-51-23-24-52-32-26-29(25-31(27-32)45-2)40-37-28-30(9-10-39-37)53-36-8-7-35(41-38(42)43)33-5-3-4-6-34(33)36/h3-10,25-28,41H,11-24H2,1-2H3,(H,39,40)(H,42,43). The number of ether oxygens (including phenoxy) is 10. The van der Waals surface area contributed by atoms with Gasteiger partial charge in [-0.15, -0.1) is 0 Å². The summed E-state index contributed by atoms with van der Waals surface area (Å²) < 4.78 is 55.4. The minimum atomic E-state index is -1.14. The van der Waals surface area contributed by atoms with Crippen LogP contribution in [0.4, 0.5) is 22.0 Å². The highest BCUT2D eigenvalue weighted by atomic mass is 16.6. The van der Waals surface area contributed by atoms with Crippen LogP contribution in [0, 0.1) is 0 Å². The van der Waals surface area contributed by atoms with E-state index in [4.69, 9.17) is 47.4 Å². The first kappa shape index (κ1) is 41.0. The van der Waals surface area contributed by atoms with Gasteiger partial charge in [0, 0.05) is 54.0 Å². The second-order valence-electron chi connectivity index (χ2n) is 11.1. The van der Waals surface area contributed by atoms with E-state index in [1.54, 1.807) is 50.7 Å². The fourth-order valence-corrected chi connectivity index (χ4v) is 4.81. The zero-order chi connectivity index (χ0) is 37.4. The summed E-state index contributed by atoms with van der Waals surface area (Å²) in [6, 6.07) is 19.8. The Balaban J connectivity index is 1.10. The van der Waals surface area contributed by atoms with Crippen molar-refractivity contribution < 1.29 is 57.3 Å². The summed E-state index contributed by atoms with van der Waals surface area (Å²) in [7, 11) is 3.22. The van der Waals surface area contributed by atoms with E-state index in [1.165, 1.54) is 0 Å². The van der Waals surface area contributed by atoms with E-state index in [0.717, 1.165) is 10.8 Å². The lowest BCUT2D eigenvalue weighted by molar-refractivity contribution is -0.0199. The molecule has 15 heteroatoms. The Morgan fingerprint density at radius 1 is 0.623 bits per heavy atom. The van der Waals surface area contributed by atoms with Gasteiger partial charge in [-0.2, -0.15) is 0 Å². The molecule has 3 N–H and O–H groups in total. The third kappa shape index (κ3) is 15.8. The molecule has 0 bridgehead atoms. The number of amides is 1. The number of nitrogens with zero attached hydrogens (tertiary/aromatic N) is 1. The molecule has 0 saturated heterocycles. The number of hydrogen-bond acceptors (Lipinski definition) is 13. The topological polar surface area (TPSA) is 167 Å². The van der Waals surface area contributed by atoms with Crippen LogP contribution in [0.5, 0.6) is 23.0 Å². The third-order valence-electron chi connectivity index (χ3n) is 7.26. The quantitative estimate of drug-likeness (QED) is 0.0581. The second-order valence-corrected chi connectivity index (χ2v) is 11.1. The lowest BCUT2D eigenvalue weighted by atomic mass is 10.1. The van der Waals surface area contributed by atoms with Crippen molar-refractivity contribution in [2.24, 2.45) is 0 Å². The number of carbonyl (C=O) groups is 1. The highest BCUT2D eigenvalue weighted by Crippen LogP contribution is 2.35. The van der Waals surface area contributed by atoms with E-state index in [1.807, 2.05) is 36.4 Å². The Labute approximate surface area is 309 Å². The summed E-state index contributed by atoms with van der Waals surface area (Å²) in [5.41, 5.74) is 1.17. The molecule has 0 aliphatic rings. The van der Waals surface area contributed by atoms with E-state index >= 15 is 0 Å². The molecule has 0 spiro atoms. The van der Waals surface area contributed by atoms with Crippen molar-refractivity contribution in [3.63, 3.8) is 0 Å². The van der Waals surface area contributed by atoms with Crippen LogP contribution in [0.3, 0.4) is 0 Å². The number of fused-ring (bicyclic) bond motifs is 1. The van der Waals surface area contributed by atoms with Crippen molar-refractivity contribution in [3.05, 3.63) is 72.9 Å². The van der Waals surface area contributed by atoms with Gasteiger partial charge in [0.25, 0.3) is 0 Å². The minimum absolute atomic E-state index is 0.333. The first-order valence-electron chi connectivity index (χ1n) is 17.3. The predicted octanol–water partition coefficient (Wildman–Crippen LogP) is 5.99. The van der Waals surface area contributed by atoms with Gasteiger partial charge in [-0.25, -0.2) is 9.78 Å². The molecule has 15 nitrogen and oxygen atoms in total. The average Bonchev–Trinajstić information content (AvgIpc) is 3.16. The zero-order valence-electron chi connectivity index (χ0n) is 30.2. The van der Waals surface area contributed by atoms with Crippen LogP contribution in [-0.2, 0) is 33.2 Å². The first-order chi connectivity index (χ1) is 26.1. The number of aromatic nitrogens is 1. The second kappa shape index (κ2) is 24.5. The Hall–Kier alpha value is -4.74. The van der Waals surface area contributed by atoms with Gasteiger partial charge in [-0.1, -0.05) is 24.3 Å². The molecule has 3 aromatic carbocycles. The Morgan fingerprint density at radius 3 is 1.77 bits per heavy atom. The van der Waals surface area contributed by atoms with E-state index in [0.29, 0.717) is 133 Å². The molecule has 1 aromatic heterocycles. The number of benzene rings is 3. The van der Waals surface area contributed by atoms with E-state index in [2.05, 4.69) is 15.6 Å². The normalized spacial score (nSPS) is 11.1. The molecule has 288 valence electrons. The van der Waals surface area contributed by atoms with Gasteiger partial charge in [0.05, 0.1) is 98.7 Å². The van der Waals surface area contributed by atoms with Crippen LogP contribution < -0.4 is 24.8 Å². The monoisotopic (exact) mass is 739 g/mol. The lowest BCUT2D eigenvalue weighted by Gasteiger charge is -2.14. The summed E-state index contributed by atoms with van der Waals surface area (Å²) in [5, 5.41) is 16.4. The van der Waals surface area contributed by atoms with Gasteiger partial charge in [-0.05, 0) is 18.2 Å². The summed E-state index contributed by atoms with van der Waals surface area (Å²) >= 11 is 0. The molecule has 53 heavy (non-hydrogen) atoms. The molecule has 1 heterocycles. The highest BCUT2D eigenvalue weighted by molar-refractivity contribution is 6.02. The van der Waals surface area contributed by atoms with Gasteiger partial charge < -0.3 is 57.8 Å². The van der Waals surface area contributed by atoms with E-state index in [-0.39, 0.29) is 0 Å². The van der Waals surface area contributed by atoms with Crippen LogP contribution in [-0.4, -0.2) is 123 Å². The number of anilines is 3. The summed E-state index contributed by atoms with van der Waals surface area (Å²) in [5.74, 6) is 2.85.